The molecule has 2 N–H and O–H groups in total. The number of nitrogens with one attached hydrogen (secondary N) is 1. The smallest absolute Gasteiger partial charge is 0.0614 e. The summed E-state index contributed by atoms with van der Waals surface area (Å²) in [5, 5.41) is 12.8. The van der Waals surface area contributed by atoms with Crippen molar-refractivity contribution in [3.63, 3.8) is 0 Å². The van der Waals surface area contributed by atoms with E-state index in [9.17, 15) is 5.11 Å². The van der Waals surface area contributed by atoms with E-state index >= 15 is 0 Å². The third-order valence-electron chi connectivity index (χ3n) is 4.42. The highest BCUT2D eigenvalue weighted by Gasteiger charge is 2.33. The molecule has 1 saturated heterocycles. The van der Waals surface area contributed by atoms with E-state index in [2.05, 4.69) is 47.5 Å². The molecule has 1 heterocycles. The van der Waals surface area contributed by atoms with Gasteiger partial charge in [0.2, 0.25) is 0 Å². The van der Waals surface area contributed by atoms with Crippen LogP contribution in [-0.4, -0.2) is 42.3 Å². The standard InChI is InChI=1S/C15H24N2O/c1-13(14-6-4-3-5-7-14)17-10-8-15(12-18,16-2)9-11-17/h3-7,13,16,18H,8-12H2,1-2H3. The lowest BCUT2D eigenvalue weighted by Gasteiger charge is -2.43. The van der Waals surface area contributed by atoms with Crippen LogP contribution < -0.4 is 5.32 Å². The van der Waals surface area contributed by atoms with Crippen LogP contribution in [0.15, 0.2) is 30.3 Å². The highest BCUT2D eigenvalue weighted by Crippen LogP contribution is 2.28. The molecule has 1 aliphatic heterocycles. The van der Waals surface area contributed by atoms with Crippen molar-refractivity contribution in [2.24, 2.45) is 0 Å². The molecule has 0 bridgehead atoms. The van der Waals surface area contributed by atoms with Gasteiger partial charge in [-0.05, 0) is 32.4 Å². The molecule has 100 valence electrons. The molecule has 18 heavy (non-hydrogen) atoms. The van der Waals surface area contributed by atoms with Gasteiger partial charge in [0.1, 0.15) is 0 Å². The fraction of sp³-hybridized carbons (Fsp3) is 0.600. The third-order valence-corrected chi connectivity index (χ3v) is 4.42. The Morgan fingerprint density at radius 2 is 1.89 bits per heavy atom. The molecule has 1 aliphatic rings. The lowest BCUT2D eigenvalue weighted by Crippen LogP contribution is -2.54. The molecule has 2 rings (SSSR count). The Hall–Kier alpha value is -0.900. The molecule has 0 spiro atoms. The van der Waals surface area contributed by atoms with Crippen LogP contribution in [0.1, 0.15) is 31.4 Å². The molecule has 0 amide bonds. The summed E-state index contributed by atoms with van der Waals surface area (Å²) in [6, 6.07) is 11.1. The number of aliphatic hydroxyl groups is 1. The lowest BCUT2D eigenvalue weighted by atomic mass is 9.87. The topological polar surface area (TPSA) is 35.5 Å². The van der Waals surface area contributed by atoms with Crippen LogP contribution in [0, 0.1) is 0 Å². The van der Waals surface area contributed by atoms with Crippen LogP contribution in [0.5, 0.6) is 0 Å². The maximum absolute atomic E-state index is 9.50. The largest absolute Gasteiger partial charge is 0.394 e. The maximum atomic E-state index is 9.50. The van der Waals surface area contributed by atoms with Crippen LogP contribution in [0.4, 0.5) is 0 Å². The first kappa shape index (κ1) is 13.5. The fourth-order valence-electron chi connectivity index (χ4n) is 2.77. The van der Waals surface area contributed by atoms with E-state index in [1.54, 1.807) is 0 Å². The van der Waals surface area contributed by atoms with Crippen molar-refractivity contribution in [1.82, 2.24) is 10.2 Å². The van der Waals surface area contributed by atoms with Crippen molar-refractivity contribution < 1.29 is 5.11 Å². The first-order chi connectivity index (χ1) is 8.71. The number of hydrogen-bond acceptors (Lipinski definition) is 3. The predicted octanol–water partition coefficient (Wildman–Crippen LogP) is 1.79. The van der Waals surface area contributed by atoms with Crippen LogP contribution >= 0.6 is 0 Å². The Morgan fingerprint density at radius 1 is 1.28 bits per heavy atom. The molecule has 1 atom stereocenters. The summed E-state index contributed by atoms with van der Waals surface area (Å²) in [4.78, 5) is 2.50. The van der Waals surface area contributed by atoms with Gasteiger partial charge in [-0.2, -0.15) is 0 Å². The Morgan fingerprint density at radius 3 is 2.39 bits per heavy atom. The van der Waals surface area contributed by atoms with Gasteiger partial charge in [-0.1, -0.05) is 30.3 Å². The molecule has 1 unspecified atom stereocenters. The van der Waals surface area contributed by atoms with Crippen molar-refractivity contribution in [1.29, 1.82) is 0 Å². The molecule has 1 aromatic rings. The minimum Gasteiger partial charge on any atom is -0.394 e. The summed E-state index contributed by atoms with van der Waals surface area (Å²) in [7, 11) is 1.95. The number of benzene rings is 1. The summed E-state index contributed by atoms with van der Waals surface area (Å²) >= 11 is 0. The van der Waals surface area contributed by atoms with E-state index < -0.39 is 0 Å². The lowest BCUT2D eigenvalue weighted by molar-refractivity contribution is 0.0664. The van der Waals surface area contributed by atoms with Gasteiger partial charge in [0.05, 0.1) is 6.61 Å². The zero-order valence-electron chi connectivity index (χ0n) is 11.4. The Bertz CT molecular complexity index is 352. The number of piperidine rings is 1. The van der Waals surface area contributed by atoms with E-state index in [1.165, 1.54) is 5.56 Å². The van der Waals surface area contributed by atoms with Gasteiger partial charge in [-0.15, -0.1) is 0 Å². The molecule has 0 radical (unpaired) electrons. The summed E-state index contributed by atoms with van der Waals surface area (Å²) in [6.45, 7) is 4.58. The monoisotopic (exact) mass is 248 g/mol. The van der Waals surface area contributed by atoms with Gasteiger partial charge in [0, 0.05) is 24.7 Å². The second-order valence-electron chi connectivity index (χ2n) is 5.31. The van der Waals surface area contributed by atoms with E-state index in [1.807, 2.05) is 7.05 Å². The number of rotatable bonds is 4. The highest BCUT2D eigenvalue weighted by molar-refractivity contribution is 5.18. The average Bonchev–Trinajstić information content (AvgIpc) is 2.47. The van der Waals surface area contributed by atoms with E-state index in [0.29, 0.717) is 6.04 Å². The van der Waals surface area contributed by atoms with E-state index in [0.717, 1.165) is 25.9 Å². The van der Waals surface area contributed by atoms with Crippen LogP contribution in [0.3, 0.4) is 0 Å². The van der Waals surface area contributed by atoms with Crippen molar-refractivity contribution >= 4 is 0 Å². The fourth-order valence-corrected chi connectivity index (χ4v) is 2.77. The quantitative estimate of drug-likeness (QED) is 0.853. The van der Waals surface area contributed by atoms with Crippen molar-refractivity contribution in [2.75, 3.05) is 26.7 Å². The van der Waals surface area contributed by atoms with E-state index in [4.69, 9.17) is 0 Å². The second-order valence-corrected chi connectivity index (χ2v) is 5.31. The second kappa shape index (κ2) is 5.83. The van der Waals surface area contributed by atoms with Crippen LogP contribution in [-0.2, 0) is 0 Å². The van der Waals surface area contributed by atoms with Gasteiger partial charge in [-0.3, -0.25) is 4.90 Å². The molecular weight excluding hydrogens is 224 g/mol. The van der Waals surface area contributed by atoms with Gasteiger partial charge >= 0.3 is 0 Å². The van der Waals surface area contributed by atoms with Gasteiger partial charge < -0.3 is 10.4 Å². The Kier molecular flexibility index (Phi) is 4.38. The molecule has 0 saturated carbocycles. The average molecular weight is 248 g/mol. The molecule has 3 nitrogen and oxygen atoms in total. The summed E-state index contributed by atoms with van der Waals surface area (Å²) in [5.41, 5.74) is 1.31. The number of likely N-dealkylation sites (tertiary alicyclic amines) is 1. The van der Waals surface area contributed by atoms with Crippen molar-refractivity contribution in [2.45, 2.75) is 31.3 Å². The maximum Gasteiger partial charge on any atom is 0.0614 e. The molecule has 1 aromatic carbocycles. The summed E-state index contributed by atoms with van der Waals surface area (Å²) < 4.78 is 0. The van der Waals surface area contributed by atoms with Crippen molar-refractivity contribution in [3.05, 3.63) is 35.9 Å². The molecule has 0 aliphatic carbocycles. The number of nitrogens with zero attached hydrogens (tertiary/aromatic N) is 1. The third kappa shape index (κ3) is 2.74. The predicted molar refractivity (Wildman–Crippen MR) is 74.5 cm³/mol. The van der Waals surface area contributed by atoms with Gasteiger partial charge in [-0.25, -0.2) is 0 Å². The van der Waals surface area contributed by atoms with Gasteiger partial charge in [0.25, 0.3) is 0 Å². The minimum atomic E-state index is -0.0626. The minimum absolute atomic E-state index is 0.0626. The van der Waals surface area contributed by atoms with Crippen LogP contribution in [0.25, 0.3) is 0 Å². The summed E-state index contributed by atoms with van der Waals surface area (Å²) in [6.07, 6.45) is 2.02. The van der Waals surface area contributed by atoms with Crippen LogP contribution in [0.2, 0.25) is 0 Å². The SMILES string of the molecule is CNC1(CO)CCN(C(C)c2ccccc2)CC1. The zero-order valence-corrected chi connectivity index (χ0v) is 11.4. The molecule has 3 heteroatoms. The zero-order chi connectivity index (χ0) is 13.0. The first-order valence-electron chi connectivity index (χ1n) is 6.79. The van der Waals surface area contributed by atoms with Crippen molar-refractivity contribution in [3.8, 4) is 0 Å². The number of aliphatic hydroxyl groups excluding tert-OH is 1. The number of likely N-dealkylation sites (N-methyl/N-ethyl adjacent to an activating group) is 1. The molecule has 1 fully saturated rings. The molecular formula is C15H24N2O. The van der Waals surface area contributed by atoms with E-state index in [-0.39, 0.29) is 12.1 Å². The summed E-state index contributed by atoms with van der Waals surface area (Å²) in [5.74, 6) is 0. The normalized spacial score (nSPS) is 21.7. The highest BCUT2D eigenvalue weighted by atomic mass is 16.3. The first-order valence-corrected chi connectivity index (χ1v) is 6.79. The Labute approximate surface area is 110 Å². The van der Waals surface area contributed by atoms with Gasteiger partial charge in [0.15, 0.2) is 0 Å². The Balaban J connectivity index is 1.98. The molecule has 0 aromatic heterocycles. The number of hydrogen-bond donors (Lipinski definition) is 2.